The van der Waals surface area contributed by atoms with Crippen molar-refractivity contribution in [3.05, 3.63) is 33.8 Å². The molecule has 3 rings (SSSR count). The monoisotopic (exact) mass is 306 g/mol. The Morgan fingerprint density at radius 2 is 2.43 bits per heavy atom. The zero-order valence-corrected chi connectivity index (χ0v) is 11.6. The Hall–Kier alpha value is -2.88. The number of hydrogen-bond acceptors (Lipinski definition) is 9. The van der Waals surface area contributed by atoms with Crippen molar-refractivity contribution in [3.8, 4) is 5.75 Å². The number of nitrogen functional groups attached to an aromatic ring is 1. The Morgan fingerprint density at radius 1 is 1.57 bits per heavy atom. The third kappa shape index (κ3) is 2.56. The van der Waals surface area contributed by atoms with Crippen LogP contribution < -0.4 is 20.9 Å². The molecule has 0 aliphatic rings. The van der Waals surface area contributed by atoms with Crippen LogP contribution in [-0.2, 0) is 0 Å². The fourth-order valence-electron chi connectivity index (χ4n) is 1.68. The van der Waals surface area contributed by atoms with Crippen molar-refractivity contribution in [2.45, 2.75) is 0 Å². The van der Waals surface area contributed by atoms with Crippen LogP contribution >= 0.6 is 11.3 Å². The minimum Gasteiger partial charge on any atom is -0.493 e. The van der Waals surface area contributed by atoms with Crippen LogP contribution in [0.3, 0.4) is 0 Å². The van der Waals surface area contributed by atoms with Crippen LogP contribution in [0.15, 0.2) is 32.8 Å². The van der Waals surface area contributed by atoms with Gasteiger partial charge in [-0.05, 0) is 17.7 Å². The number of nitrogens with two attached hydrogens (primary N) is 1. The zero-order valence-electron chi connectivity index (χ0n) is 10.8. The normalized spacial score (nSPS) is 11.3. The summed E-state index contributed by atoms with van der Waals surface area (Å²) < 4.78 is 12.1. The predicted molar refractivity (Wildman–Crippen MR) is 78.3 cm³/mol. The van der Waals surface area contributed by atoms with E-state index in [1.807, 2.05) is 0 Å². The van der Waals surface area contributed by atoms with Crippen LogP contribution in [0.25, 0.3) is 10.3 Å². The van der Waals surface area contributed by atoms with Gasteiger partial charge in [0.05, 0.1) is 18.0 Å². The molecule has 1 aromatic carbocycles. The fourth-order valence-corrected chi connectivity index (χ4v) is 2.42. The molecule has 0 spiro atoms. The lowest BCUT2D eigenvalue weighted by atomic mass is 10.2. The van der Waals surface area contributed by atoms with Gasteiger partial charge in [0.15, 0.2) is 11.3 Å². The number of hydrazone groups is 1. The summed E-state index contributed by atoms with van der Waals surface area (Å²) in [4.78, 5) is 10.9. The van der Waals surface area contributed by atoms with E-state index in [1.165, 1.54) is 18.1 Å². The quantitative estimate of drug-likeness (QED) is 0.411. The molecule has 0 aliphatic heterocycles. The van der Waals surface area contributed by atoms with Crippen LogP contribution in [-0.4, -0.2) is 28.2 Å². The lowest BCUT2D eigenvalue weighted by molar-refractivity contribution is 0.408. The average molecular weight is 306 g/mol. The minimum atomic E-state index is -0.383. The highest BCUT2D eigenvalue weighted by Gasteiger charge is 2.10. The summed E-state index contributed by atoms with van der Waals surface area (Å²) in [5.74, 6) is 6.30. The van der Waals surface area contributed by atoms with Crippen LogP contribution in [0.2, 0.25) is 0 Å². The second kappa shape index (κ2) is 5.25. The van der Waals surface area contributed by atoms with Gasteiger partial charge in [-0.2, -0.15) is 5.10 Å². The van der Waals surface area contributed by atoms with Crippen LogP contribution in [0.1, 0.15) is 5.56 Å². The summed E-state index contributed by atoms with van der Waals surface area (Å²) in [5, 5.41) is 11.3. The molecule has 21 heavy (non-hydrogen) atoms. The number of anilines is 1. The molecule has 0 unspecified atom stereocenters. The van der Waals surface area contributed by atoms with E-state index in [2.05, 4.69) is 20.7 Å². The van der Waals surface area contributed by atoms with E-state index < -0.39 is 0 Å². The van der Waals surface area contributed by atoms with Crippen LogP contribution in [0, 0.1) is 0 Å². The van der Waals surface area contributed by atoms with Crippen LogP contribution in [0.4, 0.5) is 5.95 Å². The number of aromatic nitrogens is 3. The summed E-state index contributed by atoms with van der Waals surface area (Å²) in [7, 11) is 1.50. The molecule has 0 amide bonds. The highest BCUT2D eigenvalue weighted by molar-refractivity contribution is 7.16. The molecule has 10 heteroatoms. The number of nitrogens with one attached hydrogen (secondary N) is 1. The maximum absolute atomic E-state index is 11.3. The minimum absolute atomic E-state index is 0.298. The largest absolute Gasteiger partial charge is 0.493 e. The first-order chi connectivity index (χ1) is 10.2. The van der Waals surface area contributed by atoms with Gasteiger partial charge in [0.2, 0.25) is 0 Å². The molecule has 2 aromatic heterocycles. The summed E-state index contributed by atoms with van der Waals surface area (Å²) >= 11 is 0.999. The number of rotatable bonds is 4. The van der Waals surface area contributed by atoms with Crippen LogP contribution in [0.5, 0.6) is 5.75 Å². The lowest BCUT2D eigenvalue weighted by Crippen LogP contribution is -2.10. The van der Waals surface area contributed by atoms with Crippen molar-refractivity contribution in [2.75, 3.05) is 18.4 Å². The third-order valence-corrected chi connectivity index (χ3v) is 3.37. The van der Waals surface area contributed by atoms with Crippen molar-refractivity contribution < 1.29 is 9.15 Å². The van der Waals surface area contributed by atoms with Gasteiger partial charge in [-0.15, -0.1) is 10.2 Å². The van der Waals surface area contributed by atoms with Gasteiger partial charge >= 0.3 is 4.94 Å². The molecule has 3 aromatic rings. The zero-order chi connectivity index (χ0) is 14.8. The number of ether oxygens (including phenoxy) is 1. The van der Waals surface area contributed by atoms with Gasteiger partial charge in [0.1, 0.15) is 6.33 Å². The molecule has 2 heterocycles. The first kappa shape index (κ1) is 13.1. The molecule has 108 valence electrons. The van der Waals surface area contributed by atoms with E-state index in [4.69, 9.17) is 15.0 Å². The lowest BCUT2D eigenvalue weighted by Gasteiger charge is -2.02. The summed E-state index contributed by atoms with van der Waals surface area (Å²) in [6.07, 6.45) is 2.89. The molecule has 0 radical (unpaired) electrons. The highest BCUT2D eigenvalue weighted by Crippen LogP contribution is 2.28. The first-order valence-electron chi connectivity index (χ1n) is 5.73. The molecule has 0 saturated carbocycles. The molecule has 0 bridgehead atoms. The van der Waals surface area contributed by atoms with Gasteiger partial charge in [-0.3, -0.25) is 0 Å². The second-order valence-electron chi connectivity index (χ2n) is 3.94. The maximum atomic E-state index is 11.3. The van der Waals surface area contributed by atoms with E-state index in [1.54, 1.807) is 18.3 Å². The molecular weight excluding hydrogens is 296 g/mol. The Balaban J connectivity index is 1.90. The van der Waals surface area contributed by atoms with Gasteiger partial charge in [0.25, 0.3) is 5.95 Å². The maximum Gasteiger partial charge on any atom is 0.396 e. The van der Waals surface area contributed by atoms with E-state index >= 15 is 0 Å². The molecule has 0 atom stereocenters. The predicted octanol–water partition coefficient (Wildman–Crippen LogP) is 0.614. The van der Waals surface area contributed by atoms with E-state index in [9.17, 15) is 4.79 Å². The number of nitrogens with zero attached hydrogens (tertiary/aromatic N) is 4. The molecule has 3 N–H and O–H groups in total. The molecule has 9 nitrogen and oxygen atoms in total. The highest BCUT2D eigenvalue weighted by atomic mass is 32.1. The SMILES string of the molecule is COc1cc(/C=N/Nc2nncn2N)cc2sc(=O)oc12. The second-order valence-corrected chi connectivity index (χ2v) is 4.91. The molecule has 0 aliphatic carbocycles. The molecular formula is C11H10N6O3S. The molecule has 0 saturated heterocycles. The van der Waals surface area contributed by atoms with Gasteiger partial charge in [0, 0.05) is 0 Å². The summed E-state index contributed by atoms with van der Waals surface area (Å²) in [6.45, 7) is 0. The Bertz CT molecular complexity index is 864. The van der Waals surface area contributed by atoms with E-state index in [-0.39, 0.29) is 4.94 Å². The number of benzene rings is 1. The topological polar surface area (TPSA) is 121 Å². The van der Waals surface area contributed by atoms with Gasteiger partial charge in [-0.25, -0.2) is 14.9 Å². The third-order valence-electron chi connectivity index (χ3n) is 2.59. The number of methoxy groups -OCH3 is 1. The van der Waals surface area contributed by atoms with Crippen molar-refractivity contribution in [1.82, 2.24) is 14.9 Å². The van der Waals surface area contributed by atoms with Crippen molar-refractivity contribution in [1.29, 1.82) is 0 Å². The van der Waals surface area contributed by atoms with Crippen molar-refractivity contribution >= 4 is 33.8 Å². The number of fused-ring (bicyclic) bond motifs is 1. The Kier molecular flexibility index (Phi) is 3.28. The smallest absolute Gasteiger partial charge is 0.396 e. The summed E-state index contributed by atoms with van der Waals surface area (Å²) in [6, 6.07) is 3.47. The van der Waals surface area contributed by atoms with Gasteiger partial charge in [-0.1, -0.05) is 11.3 Å². The van der Waals surface area contributed by atoms with Crippen molar-refractivity contribution in [3.63, 3.8) is 0 Å². The Morgan fingerprint density at radius 3 is 3.14 bits per heavy atom. The standard InChI is InChI=1S/C11H10N6O3S/c1-19-7-2-6(3-8-9(7)20-11(18)21-8)4-13-15-10-16-14-5-17(10)12/h2-5H,12H2,1H3,(H,15,16)/b13-4+. The average Bonchev–Trinajstić information content (AvgIpc) is 3.03. The first-order valence-corrected chi connectivity index (χ1v) is 6.55. The van der Waals surface area contributed by atoms with E-state index in [0.717, 1.165) is 16.9 Å². The summed E-state index contributed by atoms with van der Waals surface area (Å²) in [5.41, 5.74) is 3.80. The Labute approximate surface area is 121 Å². The fraction of sp³-hybridized carbons (Fsp3) is 0.0909. The van der Waals surface area contributed by atoms with Crippen molar-refractivity contribution in [2.24, 2.45) is 5.10 Å². The van der Waals surface area contributed by atoms with Gasteiger partial charge < -0.3 is 15.0 Å². The molecule has 0 fully saturated rings. The van der Waals surface area contributed by atoms with E-state index in [0.29, 0.717) is 22.0 Å². The number of hydrogen-bond donors (Lipinski definition) is 2.